The van der Waals surface area contributed by atoms with Crippen molar-refractivity contribution in [2.75, 3.05) is 40.5 Å². The molecule has 0 spiro atoms. The van der Waals surface area contributed by atoms with E-state index >= 15 is 0 Å². The molecule has 130 valence electrons. The first-order valence-electron chi connectivity index (χ1n) is 8.13. The van der Waals surface area contributed by atoms with Crippen LogP contribution in [0, 0.1) is 0 Å². The highest BCUT2D eigenvalue weighted by Crippen LogP contribution is 2.20. The largest absolute Gasteiger partial charge is 0.497 e. The topological polar surface area (TPSA) is 52.9 Å². The fourth-order valence-corrected chi connectivity index (χ4v) is 3.10. The Morgan fingerprint density at radius 2 is 2.17 bits per heavy atom. The zero-order valence-electron chi connectivity index (χ0n) is 14.4. The molecule has 0 saturated carbocycles. The van der Waals surface area contributed by atoms with Crippen molar-refractivity contribution in [1.82, 2.24) is 9.47 Å². The standard InChI is InChI=1S/C18H24N2O4/c1-19(11-16-12-23-6-7-24-16)10-14-8-13-4-5-15(22-3)9-17(13)20(2)18(14)21/h4-5,8-9,16H,6-7,10-12H2,1-3H3/t16-/m1/s1. The third-order valence-electron chi connectivity index (χ3n) is 4.35. The van der Waals surface area contributed by atoms with Crippen LogP contribution in [0.25, 0.3) is 10.9 Å². The second kappa shape index (κ2) is 7.34. The highest BCUT2D eigenvalue weighted by Gasteiger charge is 2.17. The summed E-state index contributed by atoms with van der Waals surface area (Å²) in [5.41, 5.74) is 1.66. The summed E-state index contributed by atoms with van der Waals surface area (Å²) in [6, 6.07) is 7.74. The minimum atomic E-state index is 0.0171. The van der Waals surface area contributed by atoms with Crippen molar-refractivity contribution >= 4 is 10.9 Å². The number of benzene rings is 1. The van der Waals surface area contributed by atoms with Gasteiger partial charge >= 0.3 is 0 Å². The first-order chi connectivity index (χ1) is 11.6. The van der Waals surface area contributed by atoms with Gasteiger partial charge in [0.25, 0.3) is 5.56 Å². The quantitative estimate of drug-likeness (QED) is 0.828. The van der Waals surface area contributed by atoms with E-state index in [9.17, 15) is 4.79 Å². The van der Waals surface area contributed by atoms with Crippen LogP contribution in [0.4, 0.5) is 0 Å². The first-order valence-corrected chi connectivity index (χ1v) is 8.13. The second-order valence-electron chi connectivity index (χ2n) is 6.22. The molecule has 3 rings (SSSR count). The van der Waals surface area contributed by atoms with Gasteiger partial charge in [-0.05, 0) is 30.6 Å². The molecule has 2 heterocycles. The number of likely N-dealkylation sites (N-methyl/N-ethyl adjacent to an activating group) is 1. The number of rotatable bonds is 5. The zero-order valence-corrected chi connectivity index (χ0v) is 14.4. The SMILES string of the molecule is COc1ccc2cc(CN(C)C[C@@H]3COCCO3)c(=O)n(C)c2c1. The van der Waals surface area contributed by atoms with E-state index in [1.165, 1.54) is 0 Å². The predicted molar refractivity (Wildman–Crippen MR) is 92.6 cm³/mol. The van der Waals surface area contributed by atoms with Gasteiger partial charge in [-0.3, -0.25) is 9.69 Å². The van der Waals surface area contributed by atoms with Crippen LogP contribution in [-0.2, 0) is 23.1 Å². The van der Waals surface area contributed by atoms with Gasteiger partial charge in [-0.25, -0.2) is 0 Å². The van der Waals surface area contributed by atoms with Crippen molar-refractivity contribution in [3.8, 4) is 5.75 Å². The Bertz CT molecular complexity index is 765. The van der Waals surface area contributed by atoms with E-state index in [4.69, 9.17) is 14.2 Å². The smallest absolute Gasteiger partial charge is 0.255 e. The van der Waals surface area contributed by atoms with Gasteiger partial charge < -0.3 is 18.8 Å². The van der Waals surface area contributed by atoms with E-state index in [1.54, 1.807) is 18.7 Å². The number of hydrogen-bond acceptors (Lipinski definition) is 5. The molecular weight excluding hydrogens is 308 g/mol. The molecule has 0 radical (unpaired) electrons. The van der Waals surface area contributed by atoms with Gasteiger partial charge in [-0.15, -0.1) is 0 Å². The molecule has 1 aromatic heterocycles. The Morgan fingerprint density at radius 3 is 2.88 bits per heavy atom. The lowest BCUT2D eigenvalue weighted by molar-refractivity contribution is -0.0963. The van der Waals surface area contributed by atoms with Gasteiger partial charge in [0.05, 0.1) is 38.6 Å². The van der Waals surface area contributed by atoms with Crippen molar-refractivity contribution < 1.29 is 14.2 Å². The van der Waals surface area contributed by atoms with Gasteiger partial charge in [-0.1, -0.05) is 0 Å². The van der Waals surface area contributed by atoms with Gasteiger partial charge in [0.15, 0.2) is 0 Å². The number of ether oxygens (including phenoxy) is 3. The highest BCUT2D eigenvalue weighted by atomic mass is 16.6. The lowest BCUT2D eigenvalue weighted by atomic mass is 10.1. The minimum Gasteiger partial charge on any atom is -0.497 e. The van der Waals surface area contributed by atoms with Crippen LogP contribution in [0.5, 0.6) is 5.75 Å². The second-order valence-corrected chi connectivity index (χ2v) is 6.22. The Hall–Kier alpha value is -1.89. The Kier molecular flexibility index (Phi) is 5.18. The molecule has 24 heavy (non-hydrogen) atoms. The number of hydrogen-bond donors (Lipinski definition) is 0. The van der Waals surface area contributed by atoms with Crippen LogP contribution in [0.15, 0.2) is 29.1 Å². The Morgan fingerprint density at radius 1 is 1.33 bits per heavy atom. The average Bonchev–Trinajstić information content (AvgIpc) is 2.60. The number of fused-ring (bicyclic) bond motifs is 1. The van der Waals surface area contributed by atoms with Gasteiger partial charge in [0.1, 0.15) is 5.75 Å². The zero-order chi connectivity index (χ0) is 17.1. The van der Waals surface area contributed by atoms with E-state index in [0.29, 0.717) is 26.4 Å². The molecule has 6 heteroatoms. The summed E-state index contributed by atoms with van der Waals surface area (Å²) in [5.74, 6) is 0.747. The molecule has 6 nitrogen and oxygen atoms in total. The summed E-state index contributed by atoms with van der Waals surface area (Å²) < 4.78 is 18.0. The van der Waals surface area contributed by atoms with Crippen molar-refractivity contribution in [3.05, 3.63) is 40.2 Å². The maximum absolute atomic E-state index is 12.6. The Balaban J connectivity index is 1.81. The number of aryl methyl sites for hydroxylation is 1. The summed E-state index contributed by atoms with van der Waals surface area (Å²) in [5, 5.41) is 1.03. The first kappa shape index (κ1) is 17.0. The molecule has 0 unspecified atom stereocenters. The van der Waals surface area contributed by atoms with E-state index in [0.717, 1.165) is 28.8 Å². The summed E-state index contributed by atoms with van der Waals surface area (Å²) in [6.45, 7) is 3.23. The third kappa shape index (κ3) is 3.61. The van der Waals surface area contributed by atoms with Gasteiger partial charge in [0, 0.05) is 31.8 Å². The van der Waals surface area contributed by atoms with Gasteiger partial charge in [0.2, 0.25) is 0 Å². The van der Waals surface area contributed by atoms with E-state index in [1.807, 2.05) is 31.3 Å². The van der Waals surface area contributed by atoms with Crippen molar-refractivity contribution in [1.29, 1.82) is 0 Å². The maximum Gasteiger partial charge on any atom is 0.255 e. The molecule has 1 atom stereocenters. The van der Waals surface area contributed by atoms with Crippen molar-refractivity contribution in [3.63, 3.8) is 0 Å². The molecule has 1 fully saturated rings. The normalized spacial score (nSPS) is 18.2. The monoisotopic (exact) mass is 332 g/mol. The van der Waals surface area contributed by atoms with E-state index < -0.39 is 0 Å². The van der Waals surface area contributed by atoms with Crippen molar-refractivity contribution in [2.24, 2.45) is 7.05 Å². The molecule has 0 amide bonds. The van der Waals surface area contributed by atoms with Crippen LogP contribution in [0.3, 0.4) is 0 Å². The van der Waals surface area contributed by atoms with E-state index in [-0.39, 0.29) is 11.7 Å². The molecule has 1 aliphatic rings. The fourth-order valence-electron chi connectivity index (χ4n) is 3.10. The van der Waals surface area contributed by atoms with E-state index in [2.05, 4.69) is 4.90 Å². The molecule has 1 saturated heterocycles. The summed E-state index contributed by atoms with van der Waals surface area (Å²) in [6.07, 6.45) is 0.0670. The lowest BCUT2D eigenvalue weighted by Gasteiger charge is -2.27. The molecule has 1 aromatic carbocycles. The highest BCUT2D eigenvalue weighted by molar-refractivity contribution is 5.81. The third-order valence-corrected chi connectivity index (χ3v) is 4.35. The number of pyridine rings is 1. The number of methoxy groups -OCH3 is 1. The van der Waals surface area contributed by atoms with Crippen LogP contribution >= 0.6 is 0 Å². The summed E-state index contributed by atoms with van der Waals surface area (Å²) in [4.78, 5) is 14.8. The summed E-state index contributed by atoms with van der Waals surface area (Å²) in [7, 11) is 5.42. The fraction of sp³-hybridized carbons (Fsp3) is 0.500. The van der Waals surface area contributed by atoms with Crippen LogP contribution < -0.4 is 10.3 Å². The van der Waals surface area contributed by atoms with Gasteiger partial charge in [-0.2, -0.15) is 0 Å². The van der Waals surface area contributed by atoms with Crippen LogP contribution in [-0.4, -0.2) is 56.1 Å². The molecular formula is C18H24N2O4. The molecule has 0 aliphatic carbocycles. The predicted octanol–water partition coefficient (Wildman–Crippen LogP) is 1.39. The minimum absolute atomic E-state index is 0.0171. The Labute approximate surface area is 141 Å². The summed E-state index contributed by atoms with van der Waals surface area (Å²) >= 11 is 0. The molecule has 1 aliphatic heterocycles. The number of aromatic nitrogens is 1. The number of nitrogens with zero attached hydrogens (tertiary/aromatic N) is 2. The molecule has 0 bridgehead atoms. The van der Waals surface area contributed by atoms with Crippen molar-refractivity contribution in [2.45, 2.75) is 12.6 Å². The van der Waals surface area contributed by atoms with Crippen LogP contribution in [0.2, 0.25) is 0 Å². The average molecular weight is 332 g/mol. The lowest BCUT2D eigenvalue weighted by Crippen LogP contribution is -2.39. The molecule has 2 aromatic rings. The van der Waals surface area contributed by atoms with Crippen LogP contribution in [0.1, 0.15) is 5.56 Å². The maximum atomic E-state index is 12.6. The molecule has 0 N–H and O–H groups in total.